The monoisotopic (exact) mass is 253 g/mol. The molecular formula is C12H23N5O. The van der Waals surface area contributed by atoms with Crippen molar-refractivity contribution in [2.45, 2.75) is 26.7 Å². The summed E-state index contributed by atoms with van der Waals surface area (Å²) in [5, 5.41) is 19.2. The second-order valence-electron chi connectivity index (χ2n) is 5.14. The molecule has 6 nitrogen and oxygen atoms in total. The maximum absolute atomic E-state index is 8.66. The van der Waals surface area contributed by atoms with E-state index in [4.69, 9.17) is 10.9 Å². The lowest BCUT2D eigenvalue weighted by atomic mass is 9.88. The number of aryl methyl sites for hydroxylation is 1. The second kappa shape index (κ2) is 6.39. The quantitative estimate of drug-likeness (QED) is 0.219. The average molecular weight is 253 g/mol. The van der Waals surface area contributed by atoms with E-state index in [9.17, 15) is 0 Å². The molecule has 0 aliphatic carbocycles. The number of oxime groups is 1. The number of nitrogens with two attached hydrogens (primary N) is 1. The minimum Gasteiger partial charge on any atom is -0.409 e. The van der Waals surface area contributed by atoms with Gasteiger partial charge in [0, 0.05) is 18.7 Å². The van der Waals surface area contributed by atoms with Crippen molar-refractivity contribution >= 4 is 5.84 Å². The zero-order valence-electron chi connectivity index (χ0n) is 11.3. The number of hydrogen-bond acceptors (Lipinski definition) is 4. The molecule has 0 aromatic carbocycles. The summed E-state index contributed by atoms with van der Waals surface area (Å²) in [7, 11) is 1.91. The number of hydrogen-bond donors (Lipinski definition) is 3. The summed E-state index contributed by atoms with van der Waals surface area (Å²) in [5.74, 6) is 0.275. The molecule has 0 spiro atoms. The van der Waals surface area contributed by atoms with Crippen LogP contribution >= 0.6 is 0 Å². The van der Waals surface area contributed by atoms with Crippen molar-refractivity contribution < 1.29 is 5.21 Å². The van der Waals surface area contributed by atoms with Gasteiger partial charge in [0.25, 0.3) is 0 Å². The van der Waals surface area contributed by atoms with Gasteiger partial charge in [0.15, 0.2) is 0 Å². The molecular weight excluding hydrogens is 230 g/mol. The molecule has 1 rings (SSSR count). The van der Waals surface area contributed by atoms with Crippen molar-refractivity contribution in [3.63, 3.8) is 0 Å². The Bertz CT molecular complexity index is 397. The maximum Gasteiger partial charge on any atom is 0.144 e. The predicted molar refractivity (Wildman–Crippen MR) is 71.6 cm³/mol. The van der Waals surface area contributed by atoms with Crippen molar-refractivity contribution in [1.82, 2.24) is 15.1 Å². The minimum atomic E-state index is -0.282. The van der Waals surface area contributed by atoms with Crippen LogP contribution in [0.5, 0.6) is 0 Å². The van der Waals surface area contributed by atoms with Gasteiger partial charge in [-0.1, -0.05) is 19.0 Å². The first kappa shape index (κ1) is 14.5. The van der Waals surface area contributed by atoms with Gasteiger partial charge in [-0.05, 0) is 31.5 Å². The van der Waals surface area contributed by atoms with Gasteiger partial charge in [-0.25, -0.2) is 0 Å². The Morgan fingerprint density at radius 3 is 2.83 bits per heavy atom. The molecule has 6 heteroatoms. The summed E-state index contributed by atoms with van der Waals surface area (Å²) >= 11 is 0. The highest BCUT2D eigenvalue weighted by Gasteiger charge is 2.22. The minimum absolute atomic E-state index is 0.275. The van der Waals surface area contributed by atoms with Crippen molar-refractivity contribution in [3.05, 3.63) is 18.0 Å². The summed E-state index contributed by atoms with van der Waals surface area (Å²) in [6.07, 6.45) is 5.68. The van der Waals surface area contributed by atoms with E-state index in [0.717, 1.165) is 25.9 Å². The normalized spacial score (nSPS) is 12.9. The Labute approximate surface area is 108 Å². The lowest BCUT2D eigenvalue weighted by molar-refractivity contribution is 0.305. The average Bonchev–Trinajstić information content (AvgIpc) is 2.73. The Hall–Kier alpha value is -1.56. The van der Waals surface area contributed by atoms with Gasteiger partial charge in [0.2, 0.25) is 0 Å². The molecule has 18 heavy (non-hydrogen) atoms. The summed E-state index contributed by atoms with van der Waals surface area (Å²) < 4.78 is 1.80. The molecule has 0 radical (unpaired) electrons. The van der Waals surface area contributed by atoms with E-state index in [-0.39, 0.29) is 11.3 Å². The largest absolute Gasteiger partial charge is 0.409 e. The first-order chi connectivity index (χ1) is 8.45. The standard InChI is InChI=1S/C12H23N5O/c1-12(2,11(13)16-18)5-7-14-6-4-10-8-15-17(3)9-10/h8-9,14,18H,4-7H2,1-3H3,(H2,13,16). The molecule has 0 saturated heterocycles. The van der Waals surface area contributed by atoms with Crippen LogP contribution in [0, 0.1) is 5.41 Å². The molecule has 0 aliphatic heterocycles. The van der Waals surface area contributed by atoms with Crippen LogP contribution in [0.15, 0.2) is 17.5 Å². The molecule has 0 aliphatic rings. The highest BCUT2D eigenvalue weighted by Crippen LogP contribution is 2.19. The summed E-state index contributed by atoms with van der Waals surface area (Å²) in [6, 6.07) is 0. The second-order valence-corrected chi connectivity index (χ2v) is 5.14. The van der Waals surface area contributed by atoms with E-state index in [0.29, 0.717) is 0 Å². The van der Waals surface area contributed by atoms with E-state index >= 15 is 0 Å². The SMILES string of the molecule is Cn1cc(CCNCCC(C)(C)/C(N)=N/O)cn1. The van der Waals surface area contributed by atoms with Crippen LogP contribution in [0.2, 0.25) is 0 Å². The molecule has 1 heterocycles. The van der Waals surface area contributed by atoms with Crippen LogP contribution < -0.4 is 11.1 Å². The van der Waals surface area contributed by atoms with Crippen molar-refractivity contribution in [1.29, 1.82) is 0 Å². The van der Waals surface area contributed by atoms with Gasteiger partial charge >= 0.3 is 0 Å². The smallest absolute Gasteiger partial charge is 0.144 e. The summed E-state index contributed by atoms with van der Waals surface area (Å²) in [5.41, 5.74) is 6.56. The fourth-order valence-corrected chi connectivity index (χ4v) is 1.62. The molecule has 0 atom stereocenters. The highest BCUT2D eigenvalue weighted by molar-refractivity contribution is 5.85. The van der Waals surface area contributed by atoms with E-state index in [1.54, 1.807) is 4.68 Å². The highest BCUT2D eigenvalue weighted by atomic mass is 16.4. The van der Waals surface area contributed by atoms with Crippen molar-refractivity contribution in [2.24, 2.45) is 23.4 Å². The number of aromatic nitrogens is 2. The summed E-state index contributed by atoms with van der Waals surface area (Å²) in [4.78, 5) is 0. The molecule has 102 valence electrons. The zero-order chi connectivity index (χ0) is 13.6. The lowest BCUT2D eigenvalue weighted by Gasteiger charge is -2.22. The van der Waals surface area contributed by atoms with E-state index in [2.05, 4.69) is 15.6 Å². The van der Waals surface area contributed by atoms with Crippen LogP contribution in [0.25, 0.3) is 0 Å². The van der Waals surface area contributed by atoms with Crippen LogP contribution in [0.1, 0.15) is 25.8 Å². The maximum atomic E-state index is 8.66. The third-order valence-electron chi connectivity index (χ3n) is 3.08. The summed E-state index contributed by atoms with van der Waals surface area (Å²) in [6.45, 7) is 5.66. The van der Waals surface area contributed by atoms with Gasteiger partial charge < -0.3 is 16.3 Å². The third kappa shape index (κ3) is 4.37. The fraction of sp³-hybridized carbons (Fsp3) is 0.667. The predicted octanol–water partition coefficient (Wildman–Crippen LogP) is 0.715. The van der Waals surface area contributed by atoms with Crippen molar-refractivity contribution in [2.75, 3.05) is 13.1 Å². The molecule has 0 bridgehead atoms. The van der Waals surface area contributed by atoms with Crippen molar-refractivity contribution in [3.8, 4) is 0 Å². The third-order valence-corrected chi connectivity index (χ3v) is 3.08. The van der Waals surface area contributed by atoms with Crippen LogP contribution in [-0.4, -0.2) is 33.9 Å². The molecule has 0 amide bonds. The Morgan fingerprint density at radius 2 is 2.28 bits per heavy atom. The molecule has 0 fully saturated rings. The van der Waals surface area contributed by atoms with Crippen LogP contribution in [-0.2, 0) is 13.5 Å². The van der Waals surface area contributed by atoms with Gasteiger partial charge in [0.05, 0.1) is 6.20 Å². The van der Waals surface area contributed by atoms with E-state index < -0.39 is 0 Å². The molecule has 0 unspecified atom stereocenters. The lowest BCUT2D eigenvalue weighted by Crippen LogP contribution is -2.35. The molecule has 0 saturated carbocycles. The zero-order valence-corrected chi connectivity index (χ0v) is 11.3. The van der Waals surface area contributed by atoms with Gasteiger partial charge in [-0.2, -0.15) is 5.10 Å². The molecule has 4 N–H and O–H groups in total. The Kier molecular flexibility index (Phi) is 5.15. The Balaban J connectivity index is 2.19. The van der Waals surface area contributed by atoms with Crippen LogP contribution in [0.3, 0.4) is 0 Å². The van der Waals surface area contributed by atoms with E-state index in [1.165, 1.54) is 5.56 Å². The van der Waals surface area contributed by atoms with E-state index in [1.807, 2.05) is 33.3 Å². The number of amidine groups is 1. The van der Waals surface area contributed by atoms with Gasteiger partial charge in [-0.15, -0.1) is 0 Å². The fourth-order valence-electron chi connectivity index (χ4n) is 1.62. The Morgan fingerprint density at radius 1 is 1.56 bits per heavy atom. The first-order valence-electron chi connectivity index (χ1n) is 6.12. The molecule has 1 aromatic rings. The first-order valence-corrected chi connectivity index (χ1v) is 6.12. The topological polar surface area (TPSA) is 88.5 Å². The van der Waals surface area contributed by atoms with Gasteiger partial charge in [-0.3, -0.25) is 4.68 Å². The number of nitrogens with one attached hydrogen (secondary N) is 1. The molecule has 1 aromatic heterocycles. The number of nitrogens with zero attached hydrogens (tertiary/aromatic N) is 3. The van der Waals surface area contributed by atoms with Gasteiger partial charge in [0.1, 0.15) is 5.84 Å². The number of rotatable bonds is 7. The van der Waals surface area contributed by atoms with Crippen LogP contribution in [0.4, 0.5) is 0 Å².